The van der Waals surface area contributed by atoms with Crippen LogP contribution in [0.2, 0.25) is 10.0 Å². The zero-order valence-electron chi connectivity index (χ0n) is 11.7. The minimum absolute atomic E-state index is 0. The molecule has 1 atom stereocenters. The van der Waals surface area contributed by atoms with Gasteiger partial charge in [0.2, 0.25) is 0 Å². The van der Waals surface area contributed by atoms with E-state index in [9.17, 15) is 4.79 Å². The second kappa shape index (κ2) is 8.97. The van der Waals surface area contributed by atoms with Crippen molar-refractivity contribution in [3.63, 3.8) is 0 Å². The second-order valence-electron chi connectivity index (χ2n) is 4.46. The first-order chi connectivity index (χ1) is 10.0. The number of ether oxygens (including phenoxy) is 1. The first kappa shape index (κ1) is 19.6. The van der Waals surface area contributed by atoms with Crippen LogP contribution in [0.5, 0.6) is 5.75 Å². The van der Waals surface area contributed by atoms with Gasteiger partial charge in [-0.3, -0.25) is 4.79 Å². The molecule has 0 aliphatic heterocycles. The molecule has 0 bridgehead atoms. The molecule has 2 rings (SSSR count). The third-order valence-corrected chi connectivity index (χ3v) is 4.88. The number of carbonyl (C=O) groups excluding carboxylic acids is 1. The van der Waals surface area contributed by atoms with E-state index < -0.39 is 0 Å². The average molecular weight is 349 g/mol. The molecule has 0 radical (unpaired) electrons. The summed E-state index contributed by atoms with van der Waals surface area (Å²) in [5.74, 6) is 0.812. The van der Waals surface area contributed by atoms with Crippen molar-refractivity contribution in [1.82, 2.24) is 0 Å². The Balaban J connectivity index is 0.00000242. The van der Waals surface area contributed by atoms with Crippen LogP contribution in [0.4, 0.5) is 0 Å². The Morgan fingerprint density at radius 1 is 1.18 bits per heavy atom. The molecule has 0 aliphatic rings. The van der Waals surface area contributed by atoms with Gasteiger partial charge in [0.1, 0.15) is 5.75 Å². The van der Waals surface area contributed by atoms with Crippen molar-refractivity contribution in [3.8, 4) is 5.75 Å². The zero-order valence-corrected chi connectivity index (χ0v) is 14.3. The van der Waals surface area contributed by atoms with Gasteiger partial charge in [-0.05, 0) is 57.6 Å². The van der Waals surface area contributed by atoms with Crippen molar-refractivity contribution < 1.29 is 9.53 Å². The molecule has 2 nitrogen and oxygen atoms in total. The van der Waals surface area contributed by atoms with Gasteiger partial charge >= 0.3 is 18.9 Å². The molecule has 1 unspecified atom stereocenters. The Bertz CT molecular complexity index is 657. The van der Waals surface area contributed by atoms with E-state index in [0.717, 1.165) is 16.6 Å². The summed E-state index contributed by atoms with van der Waals surface area (Å²) >= 11 is 12.2. The van der Waals surface area contributed by atoms with Gasteiger partial charge in [-0.15, -0.1) is 0 Å². The van der Waals surface area contributed by atoms with E-state index in [-0.39, 0.29) is 33.0 Å². The average Bonchev–Trinajstić information content (AvgIpc) is 2.42. The van der Waals surface area contributed by atoms with E-state index in [2.05, 4.69) is 0 Å². The summed E-state index contributed by atoms with van der Waals surface area (Å²) in [6, 6.07) is 10.8. The monoisotopic (exact) mass is 348 g/mol. The van der Waals surface area contributed by atoms with Crippen LogP contribution in [0.25, 0.3) is 0 Å². The van der Waals surface area contributed by atoms with E-state index in [1.54, 1.807) is 18.2 Å². The number of benzene rings is 2. The first-order valence-electron chi connectivity index (χ1n) is 6.51. The van der Waals surface area contributed by atoms with Gasteiger partial charge in [-0.1, -0.05) is 35.3 Å². The predicted octanol–water partition coefficient (Wildman–Crippen LogP) is 4.20. The molecule has 6 heteroatoms. The number of hydrogen-bond donors (Lipinski definition) is 0. The predicted molar refractivity (Wildman–Crippen MR) is 98.2 cm³/mol. The van der Waals surface area contributed by atoms with E-state index in [4.69, 9.17) is 27.9 Å². The molecule has 112 valence electrons. The van der Waals surface area contributed by atoms with Crippen molar-refractivity contribution in [3.05, 3.63) is 57.6 Å². The van der Waals surface area contributed by atoms with E-state index in [0.29, 0.717) is 22.2 Å². The molecule has 0 aromatic heterocycles. The van der Waals surface area contributed by atoms with Crippen molar-refractivity contribution in [1.29, 1.82) is 0 Å². The summed E-state index contributed by atoms with van der Waals surface area (Å²) in [5.41, 5.74) is 1.36. The molecule has 2 aromatic rings. The molecule has 22 heavy (non-hydrogen) atoms. The van der Waals surface area contributed by atoms with Gasteiger partial charge in [0.15, 0.2) is 5.52 Å². The fourth-order valence-electron chi connectivity index (χ4n) is 1.93. The Hall–Kier alpha value is -0.483. The van der Waals surface area contributed by atoms with Crippen molar-refractivity contribution in [2.75, 3.05) is 6.61 Å². The molecular weight excluding hydrogens is 333 g/mol. The second-order valence-corrected chi connectivity index (χ2v) is 6.52. The van der Waals surface area contributed by atoms with Gasteiger partial charge in [0.25, 0.3) is 0 Å². The molecule has 0 amide bonds. The van der Waals surface area contributed by atoms with Crippen molar-refractivity contribution in [2.45, 2.75) is 13.8 Å². The molecule has 0 N–H and O–H groups in total. The van der Waals surface area contributed by atoms with Crippen LogP contribution in [0, 0.1) is 6.92 Å². The Morgan fingerprint density at radius 2 is 1.82 bits per heavy atom. The maximum absolute atomic E-state index is 12.4. The third-order valence-electron chi connectivity index (χ3n) is 2.95. The number of halogens is 2. The van der Waals surface area contributed by atoms with Crippen LogP contribution < -0.4 is 10.0 Å². The summed E-state index contributed by atoms with van der Waals surface area (Å²) in [4.78, 5) is 12.4. The molecule has 0 aliphatic carbocycles. The minimum atomic E-state index is -0.0575. The van der Waals surface area contributed by atoms with Crippen LogP contribution in [-0.2, 0) is 0 Å². The molecule has 0 fully saturated rings. The number of hydrogen-bond acceptors (Lipinski definition) is 2. The van der Waals surface area contributed by atoms with E-state index >= 15 is 0 Å². The van der Waals surface area contributed by atoms with Crippen LogP contribution >= 0.6 is 31.8 Å². The Morgan fingerprint density at radius 3 is 2.36 bits per heavy atom. The Kier molecular flexibility index (Phi) is 7.98. The third kappa shape index (κ3) is 4.75. The van der Waals surface area contributed by atoms with Crippen molar-refractivity contribution >= 4 is 61.5 Å². The normalized spacial score (nSPS) is 10.5. The van der Waals surface area contributed by atoms with Crippen LogP contribution in [0.15, 0.2) is 36.4 Å². The van der Waals surface area contributed by atoms with Gasteiger partial charge in [-0.25, -0.2) is 0 Å². The van der Waals surface area contributed by atoms with Gasteiger partial charge in [0, 0.05) is 0 Å². The standard InChI is InChI=1S/C16H15Cl2O2P.Li.H/c1-3-20-11-7-8-14(10(2)9-11)21-16(19)15-12(17)5-4-6-13(15)18;;/h4-9,21H,3H2,1-2H3;;. The van der Waals surface area contributed by atoms with Crippen LogP contribution in [-0.4, -0.2) is 31.0 Å². The van der Waals surface area contributed by atoms with Crippen molar-refractivity contribution in [2.24, 2.45) is 0 Å². The first-order valence-corrected chi connectivity index (χ1v) is 8.27. The molecular formula is C16H16Cl2LiO2P. The summed E-state index contributed by atoms with van der Waals surface area (Å²) in [6.07, 6.45) is 0. The Labute approximate surface area is 154 Å². The molecule has 2 aromatic carbocycles. The molecule has 0 saturated carbocycles. The number of rotatable bonds is 5. The summed E-state index contributed by atoms with van der Waals surface area (Å²) in [5, 5.41) is 1.76. The zero-order chi connectivity index (χ0) is 15.4. The van der Waals surface area contributed by atoms with Crippen LogP contribution in [0.1, 0.15) is 22.8 Å². The number of aryl methyl sites for hydroxylation is 1. The quantitative estimate of drug-likeness (QED) is 0.598. The topological polar surface area (TPSA) is 26.3 Å². The molecule has 0 saturated heterocycles. The fraction of sp³-hybridized carbons (Fsp3) is 0.188. The molecule has 0 spiro atoms. The summed E-state index contributed by atoms with van der Waals surface area (Å²) in [7, 11) is -0.0176. The number of carbonyl (C=O) groups is 1. The maximum atomic E-state index is 12.4. The van der Waals surface area contributed by atoms with E-state index in [1.165, 1.54) is 0 Å². The summed E-state index contributed by atoms with van der Waals surface area (Å²) < 4.78 is 5.45. The van der Waals surface area contributed by atoms with Crippen LogP contribution in [0.3, 0.4) is 0 Å². The van der Waals surface area contributed by atoms with Gasteiger partial charge < -0.3 is 4.74 Å². The summed E-state index contributed by atoms with van der Waals surface area (Å²) in [6.45, 7) is 4.52. The van der Waals surface area contributed by atoms with Gasteiger partial charge in [0.05, 0.1) is 22.2 Å². The SMILES string of the molecule is CCOc1ccc(PC(=O)c2c(Cl)cccc2Cl)c(C)c1.[LiH]. The van der Waals surface area contributed by atoms with E-state index in [1.807, 2.05) is 32.0 Å². The molecule has 0 heterocycles. The van der Waals surface area contributed by atoms with Gasteiger partial charge in [-0.2, -0.15) is 0 Å². The fourth-order valence-corrected chi connectivity index (χ4v) is 3.73.